The van der Waals surface area contributed by atoms with E-state index in [1.165, 1.54) is 5.56 Å². The third-order valence-electron chi connectivity index (χ3n) is 4.65. The zero-order valence-electron chi connectivity index (χ0n) is 14.5. The molecule has 2 amide bonds. The predicted octanol–water partition coefficient (Wildman–Crippen LogP) is 4.58. The number of carbonyl (C=O) groups excluding carboxylic acids is 1. The first kappa shape index (κ1) is 18.0. The van der Waals surface area contributed by atoms with E-state index in [1.807, 2.05) is 42.2 Å². The molecular weight excluding hydrogens is 378 g/mol. The number of urea groups is 1. The lowest BCUT2D eigenvalue weighted by atomic mass is 10.2. The van der Waals surface area contributed by atoms with Crippen molar-refractivity contribution in [2.75, 3.05) is 25.0 Å². The summed E-state index contributed by atoms with van der Waals surface area (Å²) in [7, 11) is 0. The van der Waals surface area contributed by atoms with Gasteiger partial charge in [-0.15, -0.1) is 0 Å². The van der Waals surface area contributed by atoms with Gasteiger partial charge in [-0.1, -0.05) is 42.5 Å². The van der Waals surface area contributed by atoms with Gasteiger partial charge in [0.2, 0.25) is 0 Å². The number of likely N-dealkylation sites (N-methyl/N-ethyl adjacent to an activating group) is 1. The van der Waals surface area contributed by atoms with Crippen LogP contribution in [0.5, 0.6) is 0 Å². The van der Waals surface area contributed by atoms with Gasteiger partial charge in [0.1, 0.15) is 0 Å². The van der Waals surface area contributed by atoms with Crippen LogP contribution in [0.4, 0.5) is 10.5 Å². The fourth-order valence-electron chi connectivity index (χ4n) is 3.37. The van der Waals surface area contributed by atoms with Crippen LogP contribution in [-0.2, 0) is 6.54 Å². The first-order valence-corrected chi connectivity index (χ1v) is 9.55. The van der Waals surface area contributed by atoms with E-state index in [4.69, 9.17) is 0 Å². The Hall–Kier alpha value is -1.85. The highest BCUT2D eigenvalue weighted by atomic mass is 79.9. The van der Waals surface area contributed by atoms with Crippen LogP contribution >= 0.6 is 15.9 Å². The van der Waals surface area contributed by atoms with Crippen LogP contribution in [0.3, 0.4) is 0 Å². The number of carbonyl (C=O) groups is 1. The number of hydrogen-bond acceptors (Lipinski definition) is 2. The molecule has 1 heterocycles. The van der Waals surface area contributed by atoms with E-state index in [0.717, 1.165) is 36.2 Å². The molecule has 0 spiro atoms. The first-order chi connectivity index (χ1) is 12.2. The van der Waals surface area contributed by atoms with Crippen LogP contribution < -0.4 is 5.32 Å². The molecule has 1 atom stereocenters. The Morgan fingerprint density at radius 2 is 1.92 bits per heavy atom. The Morgan fingerprint density at radius 3 is 2.64 bits per heavy atom. The minimum atomic E-state index is -0.0269. The summed E-state index contributed by atoms with van der Waals surface area (Å²) in [5, 5.41) is 3.02. The van der Waals surface area contributed by atoms with Crippen molar-refractivity contribution in [2.24, 2.45) is 0 Å². The molecule has 1 unspecified atom stereocenters. The minimum Gasteiger partial charge on any atom is -0.320 e. The molecule has 25 heavy (non-hydrogen) atoms. The summed E-state index contributed by atoms with van der Waals surface area (Å²) in [6.45, 7) is 5.64. The zero-order valence-corrected chi connectivity index (χ0v) is 16.1. The van der Waals surface area contributed by atoms with Gasteiger partial charge in [0.25, 0.3) is 0 Å². The number of rotatable bonds is 5. The fraction of sp³-hybridized carbons (Fsp3) is 0.350. The number of hydrogen-bond donors (Lipinski definition) is 1. The van der Waals surface area contributed by atoms with Gasteiger partial charge in [-0.05, 0) is 47.0 Å². The molecule has 1 saturated heterocycles. The van der Waals surface area contributed by atoms with E-state index in [1.54, 1.807) is 0 Å². The SMILES string of the molecule is CCN(C(=O)Nc1ccccc1Br)C1CCN(Cc2ccccc2)C1. The third kappa shape index (κ3) is 4.61. The second kappa shape index (κ2) is 8.50. The number of nitrogens with zero attached hydrogens (tertiary/aromatic N) is 2. The Bertz CT molecular complexity index is 707. The quantitative estimate of drug-likeness (QED) is 0.795. The molecule has 1 N–H and O–H groups in total. The van der Waals surface area contributed by atoms with Crippen molar-refractivity contribution in [2.45, 2.75) is 25.9 Å². The molecule has 132 valence electrons. The standard InChI is InChI=1S/C20H24BrN3O/c1-2-24(20(25)22-19-11-7-6-10-18(19)21)17-12-13-23(15-17)14-16-8-4-3-5-9-16/h3-11,17H,2,12-15H2,1H3,(H,22,25). The number of nitrogens with one attached hydrogen (secondary N) is 1. The lowest BCUT2D eigenvalue weighted by Crippen LogP contribution is -2.44. The summed E-state index contributed by atoms with van der Waals surface area (Å²) in [6.07, 6.45) is 1.02. The van der Waals surface area contributed by atoms with Gasteiger partial charge in [-0.25, -0.2) is 4.79 Å². The maximum atomic E-state index is 12.7. The van der Waals surface area contributed by atoms with Gasteiger partial charge >= 0.3 is 6.03 Å². The lowest BCUT2D eigenvalue weighted by Gasteiger charge is -2.28. The maximum absolute atomic E-state index is 12.7. The number of halogens is 1. The van der Waals surface area contributed by atoms with Crippen LogP contribution in [0, 0.1) is 0 Å². The number of amides is 2. The second-order valence-corrected chi connectivity index (χ2v) is 7.21. The van der Waals surface area contributed by atoms with Crippen LogP contribution in [0.15, 0.2) is 59.1 Å². The van der Waals surface area contributed by atoms with Gasteiger partial charge < -0.3 is 10.2 Å². The molecule has 1 aliphatic heterocycles. The summed E-state index contributed by atoms with van der Waals surface area (Å²) >= 11 is 3.48. The molecule has 3 rings (SSSR count). The Kier molecular flexibility index (Phi) is 6.10. The lowest BCUT2D eigenvalue weighted by molar-refractivity contribution is 0.189. The molecule has 2 aromatic rings. The van der Waals surface area contributed by atoms with Crippen LogP contribution in [0.1, 0.15) is 18.9 Å². The Balaban J connectivity index is 1.59. The highest BCUT2D eigenvalue weighted by Gasteiger charge is 2.30. The van der Waals surface area contributed by atoms with Crippen molar-refractivity contribution in [1.82, 2.24) is 9.80 Å². The van der Waals surface area contributed by atoms with Crippen LogP contribution in [0.2, 0.25) is 0 Å². The number of likely N-dealkylation sites (tertiary alicyclic amines) is 1. The summed E-state index contributed by atoms with van der Waals surface area (Å²) in [5.74, 6) is 0. The summed E-state index contributed by atoms with van der Waals surface area (Å²) in [6, 6.07) is 18.4. The minimum absolute atomic E-state index is 0.0269. The second-order valence-electron chi connectivity index (χ2n) is 6.36. The molecule has 0 bridgehead atoms. The molecule has 0 aliphatic carbocycles. The van der Waals surface area contributed by atoms with Gasteiger partial charge in [0.05, 0.1) is 5.69 Å². The van der Waals surface area contributed by atoms with Gasteiger partial charge in [0, 0.05) is 36.7 Å². The number of anilines is 1. The van der Waals surface area contributed by atoms with Crippen molar-refractivity contribution in [1.29, 1.82) is 0 Å². The van der Waals surface area contributed by atoms with Gasteiger partial charge in [0.15, 0.2) is 0 Å². The largest absolute Gasteiger partial charge is 0.322 e. The molecule has 0 radical (unpaired) electrons. The first-order valence-electron chi connectivity index (χ1n) is 8.76. The normalized spacial score (nSPS) is 17.4. The average Bonchev–Trinajstić information content (AvgIpc) is 3.06. The molecule has 1 fully saturated rings. The van der Waals surface area contributed by atoms with E-state index in [-0.39, 0.29) is 12.1 Å². The van der Waals surface area contributed by atoms with E-state index < -0.39 is 0 Å². The number of benzene rings is 2. The van der Waals surface area contributed by atoms with Gasteiger partial charge in [-0.2, -0.15) is 0 Å². The van der Waals surface area contributed by atoms with Crippen molar-refractivity contribution in [3.05, 3.63) is 64.6 Å². The zero-order chi connectivity index (χ0) is 17.6. The fourth-order valence-corrected chi connectivity index (χ4v) is 3.75. The molecule has 1 aliphatic rings. The van der Waals surface area contributed by atoms with E-state index >= 15 is 0 Å². The predicted molar refractivity (Wildman–Crippen MR) is 106 cm³/mol. The summed E-state index contributed by atoms with van der Waals surface area (Å²) in [4.78, 5) is 17.1. The molecule has 0 saturated carbocycles. The van der Waals surface area contributed by atoms with Crippen LogP contribution in [-0.4, -0.2) is 41.5 Å². The molecule has 5 heteroatoms. The van der Waals surface area contributed by atoms with Gasteiger partial charge in [-0.3, -0.25) is 4.90 Å². The molecular formula is C20H24BrN3O. The van der Waals surface area contributed by atoms with Crippen molar-refractivity contribution >= 4 is 27.6 Å². The Labute approximate surface area is 158 Å². The highest BCUT2D eigenvalue weighted by molar-refractivity contribution is 9.10. The molecule has 4 nitrogen and oxygen atoms in total. The Morgan fingerprint density at radius 1 is 1.20 bits per heavy atom. The van der Waals surface area contributed by atoms with Crippen molar-refractivity contribution in [3.63, 3.8) is 0 Å². The molecule has 0 aromatic heterocycles. The number of para-hydroxylation sites is 1. The van der Waals surface area contributed by atoms with Crippen LogP contribution in [0.25, 0.3) is 0 Å². The van der Waals surface area contributed by atoms with E-state index in [9.17, 15) is 4.79 Å². The third-order valence-corrected chi connectivity index (χ3v) is 5.35. The smallest absolute Gasteiger partial charge is 0.320 e. The van der Waals surface area contributed by atoms with E-state index in [2.05, 4.69) is 50.4 Å². The maximum Gasteiger partial charge on any atom is 0.322 e. The summed E-state index contributed by atoms with van der Waals surface area (Å²) in [5.41, 5.74) is 2.13. The van der Waals surface area contributed by atoms with E-state index in [0.29, 0.717) is 6.54 Å². The summed E-state index contributed by atoms with van der Waals surface area (Å²) < 4.78 is 0.900. The monoisotopic (exact) mass is 401 g/mol. The topological polar surface area (TPSA) is 35.6 Å². The van der Waals surface area contributed by atoms with Crippen molar-refractivity contribution < 1.29 is 4.79 Å². The highest BCUT2D eigenvalue weighted by Crippen LogP contribution is 2.23. The average molecular weight is 402 g/mol. The van der Waals surface area contributed by atoms with Crippen molar-refractivity contribution in [3.8, 4) is 0 Å². The molecule has 2 aromatic carbocycles.